The number of halogens is 2. The number of aliphatic hydroxyl groups is 1. The van der Waals surface area contributed by atoms with Crippen molar-refractivity contribution in [2.75, 3.05) is 13.1 Å². The summed E-state index contributed by atoms with van der Waals surface area (Å²) in [4.78, 5) is 2.39. The largest absolute Gasteiger partial charge is 0.388 e. The molecule has 180 valence electrons. The van der Waals surface area contributed by atoms with E-state index in [0.717, 1.165) is 49.3 Å². The molecule has 0 saturated carbocycles. The highest BCUT2D eigenvalue weighted by Gasteiger charge is 2.26. The number of hydrogen-bond acceptors (Lipinski definition) is 3. The van der Waals surface area contributed by atoms with Gasteiger partial charge in [0.25, 0.3) is 0 Å². The van der Waals surface area contributed by atoms with Crippen molar-refractivity contribution in [1.82, 2.24) is 14.7 Å². The molecule has 4 nitrogen and oxygen atoms in total. The summed E-state index contributed by atoms with van der Waals surface area (Å²) in [6.07, 6.45) is 1.74. The van der Waals surface area contributed by atoms with Crippen LogP contribution in [0.15, 0.2) is 78.9 Å². The van der Waals surface area contributed by atoms with Crippen LogP contribution in [0.5, 0.6) is 0 Å². The van der Waals surface area contributed by atoms with Gasteiger partial charge in [0.05, 0.1) is 18.3 Å². The molecule has 1 aromatic heterocycles. The molecular formula is C29H29F2N3O. The minimum Gasteiger partial charge on any atom is -0.388 e. The summed E-state index contributed by atoms with van der Waals surface area (Å²) in [6.45, 7) is 3.24. The fourth-order valence-corrected chi connectivity index (χ4v) is 4.82. The van der Waals surface area contributed by atoms with E-state index >= 15 is 0 Å². The second-order valence-electron chi connectivity index (χ2n) is 9.16. The lowest BCUT2D eigenvalue weighted by Crippen LogP contribution is -2.32. The lowest BCUT2D eigenvalue weighted by molar-refractivity contribution is 0.152. The molecule has 1 unspecified atom stereocenters. The molecule has 0 radical (unpaired) electrons. The van der Waals surface area contributed by atoms with E-state index in [1.54, 1.807) is 24.3 Å². The van der Waals surface area contributed by atoms with E-state index in [2.05, 4.69) is 21.7 Å². The summed E-state index contributed by atoms with van der Waals surface area (Å²) < 4.78 is 28.8. The molecule has 6 heteroatoms. The Morgan fingerprint density at radius 2 is 1.57 bits per heavy atom. The standard InChI is InChI=1S/C29H29F2N3O/c30-24-12-8-22(9-13-24)28(35)7-4-17-33-18-16-27-26(20-33)29(23-10-14-25(31)15-11-23)32-34(27)19-21-5-2-1-3-6-21/h1-3,5-6,8-15,28,35H,4,7,16-20H2. The van der Waals surface area contributed by atoms with Crippen LogP contribution >= 0.6 is 0 Å². The maximum absolute atomic E-state index is 13.6. The third kappa shape index (κ3) is 5.50. The molecule has 5 rings (SSSR count). The minimum absolute atomic E-state index is 0.257. The summed E-state index contributed by atoms with van der Waals surface area (Å²) in [7, 11) is 0. The van der Waals surface area contributed by atoms with Crippen LogP contribution in [0, 0.1) is 11.6 Å². The lowest BCUT2D eigenvalue weighted by atomic mass is 10.00. The number of fused-ring (bicyclic) bond motifs is 1. The van der Waals surface area contributed by atoms with Gasteiger partial charge in [0.2, 0.25) is 0 Å². The maximum Gasteiger partial charge on any atom is 0.123 e. The molecule has 0 spiro atoms. The normalized spacial score (nSPS) is 14.6. The van der Waals surface area contributed by atoms with Gasteiger partial charge in [-0.2, -0.15) is 5.10 Å². The average molecular weight is 474 g/mol. The molecule has 0 aliphatic carbocycles. The third-order valence-corrected chi connectivity index (χ3v) is 6.71. The summed E-state index contributed by atoms with van der Waals surface area (Å²) >= 11 is 0. The van der Waals surface area contributed by atoms with Crippen LogP contribution in [-0.4, -0.2) is 32.9 Å². The Balaban J connectivity index is 1.31. The zero-order valence-corrected chi connectivity index (χ0v) is 19.6. The van der Waals surface area contributed by atoms with Gasteiger partial charge < -0.3 is 5.11 Å². The molecule has 0 bridgehead atoms. The smallest absolute Gasteiger partial charge is 0.123 e. The van der Waals surface area contributed by atoms with Gasteiger partial charge in [-0.3, -0.25) is 9.58 Å². The van der Waals surface area contributed by atoms with Gasteiger partial charge in [-0.05, 0) is 66.9 Å². The fourth-order valence-electron chi connectivity index (χ4n) is 4.82. The van der Waals surface area contributed by atoms with Crippen LogP contribution in [0.4, 0.5) is 8.78 Å². The first-order valence-corrected chi connectivity index (χ1v) is 12.1. The Morgan fingerprint density at radius 1 is 0.886 bits per heavy atom. The van der Waals surface area contributed by atoms with Crippen molar-refractivity contribution in [3.63, 3.8) is 0 Å². The Morgan fingerprint density at radius 3 is 2.29 bits per heavy atom. The van der Waals surface area contributed by atoms with Crippen molar-refractivity contribution >= 4 is 0 Å². The molecule has 2 heterocycles. The lowest BCUT2D eigenvalue weighted by Gasteiger charge is -2.28. The van der Waals surface area contributed by atoms with Crippen LogP contribution in [-0.2, 0) is 19.5 Å². The summed E-state index contributed by atoms with van der Waals surface area (Å²) in [5, 5.41) is 15.4. The number of aromatic nitrogens is 2. The molecule has 4 aromatic rings. The summed E-state index contributed by atoms with van der Waals surface area (Å²) in [5.74, 6) is -0.553. The fraction of sp³-hybridized carbons (Fsp3) is 0.276. The SMILES string of the molecule is OC(CCCN1CCc2c(c(-c3ccc(F)cc3)nn2Cc2ccccc2)C1)c1ccc(F)cc1. The highest BCUT2D eigenvalue weighted by Crippen LogP contribution is 2.31. The third-order valence-electron chi connectivity index (χ3n) is 6.71. The van der Waals surface area contributed by atoms with Gasteiger partial charge in [-0.15, -0.1) is 0 Å². The van der Waals surface area contributed by atoms with Gasteiger partial charge in [-0.1, -0.05) is 42.5 Å². The van der Waals surface area contributed by atoms with E-state index in [4.69, 9.17) is 5.10 Å². The quantitative estimate of drug-likeness (QED) is 0.354. The Hall–Kier alpha value is -3.35. The first-order chi connectivity index (χ1) is 17.1. The molecule has 3 aromatic carbocycles. The Kier molecular flexibility index (Phi) is 7.02. The van der Waals surface area contributed by atoms with E-state index in [-0.39, 0.29) is 11.6 Å². The topological polar surface area (TPSA) is 41.3 Å². The van der Waals surface area contributed by atoms with Gasteiger partial charge in [0.15, 0.2) is 0 Å². The van der Waals surface area contributed by atoms with Crippen LogP contribution in [0.2, 0.25) is 0 Å². The number of nitrogens with zero attached hydrogens (tertiary/aromatic N) is 3. The van der Waals surface area contributed by atoms with Gasteiger partial charge in [0.1, 0.15) is 11.6 Å². The number of benzene rings is 3. The molecule has 0 amide bonds. The molecule has 1 N–H and O–H groups in total. The monoisotopic (exact) mass is 473 g/mol. The van der Waals surface area contributed by atoms with E-state index in [1.807, 2.05) is 18.2 Å². The van der Waals surface area contributed by atoms with Crippen molar-refractivity contribution in [1.29, 1.82) is 0 Å². The predicted molar refractivity (Wildman–Crippen MR) is 133 cm³/mol. The number of hydrogen-bond donors (Lipinski definition) is 1. The number of rotatable bonds is 8. The Labute approximate surface area is 204 Å². The van der Waals surface area contributed by atoms with E-state index in [9.17, 15) is 13.9 Å². The highest BCUT2D eigenvalue weighted by atomic mass is 19.1. The first-order valence-electron chi connectivity index (χ1n) is 12.1. The maximum atomic E-state index is 13.6. The van der Waals surface area contributed by atoms with E-state index in [0.29, 0.717) is 13.0 Å². The molecule has 1 atom stereocenters. The van der Waals surface area contributed by atoms with Crippen molar-refractivity contribution in [3.8, 4) is 11.3 Å². The van der Waals surface area contributed by atoms with Gasteiger partial charge in [-0.25, -0.2) is 8.78 Å². The minimum atomic E-state index is -0.598. The molecular weight excluding hydrogens is 444 g/mol. The summed E-state index contributed by atoms with van der Waals surface area (Å²) in [6, 6.07) is 22.9. The Bertz CT molecular complexity index is 1250. The highest BCUT2D eigenvalue weighted by molar-refractivity contribution is 5.64. The molecule has 1 aliphatic rings. The van der Waals surface area contributed by atoms with Crippen molar-refractivity contribution in [2.24, 2.45) is 0 Å². The molecule has 35 heavy (non-hydrogen) atoms. The van der Waals surface area contributed by atoms with Crippen LogP contribution in [0.3, 0.4) is 0 Å². The molecule has 0 saturated heterocycles. The molecule has 0 fully saturated rings. The van der Waals surface area contributed by atoms with Crippen LogP contribution < -0.4 is 0 Å². The molecule has 1 aliphatic heterocycles. The van der Waals surface area contributed by atoms with Gasteiger partial charge in [0, 0.05) is 36.3 Å². The average Bonchev–Trinajstić information content (AvgIpc) is 3.23. The van der Waals surface area contributed by atoms with Crippen molar-refractivity contribution in [3.05, 3.63) is 113 Å². The van der Waals surface area contributed by atoms with Crippen LogP contribution in [0.1, 0.15) is 41.3 Å². The predicted octanol–water partition coefficient (Wildman–Crippen LogP) is 5.75. The van der Waals surface area contributed by atoms with Gasteiger partial charge >= 0.3 is 0 Å². The van der Waals surface area contributed by atoms with Crippen molar-refractivity contribution in [2.45, 2.75) is 38.5 Å². The summed E-state index contributed by atoms with van der Waals surface area (Å²) in [5.41, 5.74) is 6.19. The first kappa shape index (κ1) is 23.4. The van der Waals surface area contributed by atoms with Crippen LogP contribution in [0.25, 0.3) is 11.3 Å². The van der Waals surface area contributed by atoms with Crippen molar-refractivity contribution < 1.29 is 13.9 Å². The zero-order chi connectivity index (χ0) is 24.2. The van der Waals surface area contributed by atoms with E-state index < -0.39 is 6.10 Å². The second-order valence-corrected chi connectivity index (χ2v) is 9.16. The van der Waals surface area contributed by atoms with E-state index in [1.165, 1.54) is 41.1 Å². The second kappa shape index (κ2) is 10.5. The zero-order valence-electron chi connectivity index (χ0n) is 19.6. The number of aliphatic hydroxyl groups excluding tert-OH is 1.